The van der Waals surface area contributed by atoms with E-state index in [0.29, 0.717) is 5.39 Å². The monoisotopic (exact) mass is 577 g/mol. The number of pyridine rings is 1. The SMILES string of the molecule is O=c1c2c3ccccc3n(-c3ccccc3)c2c2c(c3ccccc3n2-c2ccccc2)n1-c1cccc(-c2ccccc2)c1. The van der Waals surface area contributed by atoms with E-state index in [-0.39, 0.29) is 5.56 Å². The molecule has 0 aliphatic heterocycles. The molecule has 0 amide bonds. The van der Waals surface area contributed by atoms with Gasteiger partial charge in [-0.05, 0) is 59.7 Å². The van der Waals surface area contributed by atoms with E-state index in [0.717, 1.165) is 66.5 Å². The highest BCUT2D eigenvalue weighted by Gasteiger charge is 2.26. The molecule has 45 heavy (non-hydrogen) atoms. The van der Waals surface area contributed by atoms with Crippen LogP contribution in [0.2, 0.25) is 0 Å². The molecule has 0 atom stereocenters. The Bertz CT molecular complexity index is 2590. The van der Waals surface area contributed by atoms with Gasteiger partial charge < -0.3 is 9.13 Å². The lowest BCUT2D eigenvalue weighted by molar-refractivity contribution is 1.06. The zero-order valence-corrected chi connectivity index (χ0v) is 24.3. The van der Waals surface area contributed by atoms with E-state index in [9.17, 15) is 0 Å². The lowest BCUT2D eigenvalue weighted by atomic mass is 10.0. The molecular weight excluding hydrogens is 550 g/mol. The average molecular weight is 578 g/mol. The maximum Gasteiger partial charge on any atom is 0.265 e. The number of aromatic nitrogens is 3. The fourth-order valence-corrected chi connectivity index (χ4v) is 6.95. The van der Waals surface area contributed by atoms with Crippen molar-refractivity contribution in [1.29, 1.82) is 0 Å². The van der Waals surface area contributed by atoms with E-state index in [4.69, 9.17) is 0 Å². The van der Waals surface area contributed by atoms with E-state index in [1.54, 1.807) is 0 Å². The number of hydrogen-bond donors (Lipinski definition) is 0. The van der Waals surface area contributed by atoms with Crippen LogP contribution in [0.4, 0.5) is 0 Å². The van der Waals surface area contributed by atoms with Gasteiger partial charge in [-0.25, -0.2) is 0 Å². The van der Waals surface area contributed by atoms with Crippen LogP contribution in [0.15, 0.2) is 169 Å². The van der Waals surface area contributed by atoms with Gasteiger partial charge in [0.05, 0.1) is 33.0 Å². The molecule has 0 saturated carbocycles. The van der Waals surface area contributed by atoms with Crippen molar-refractivity contribution in [2.45, 2.75) is 0 Å². The van der Waals surface area contributed by atoms with Crippen LogP contribution in [0.25, 0.3) is 71.9 Å². The first-order chi connectivity index (χ1) is 22.3. The molecule has 0 spiro atoms. The molecule has 0 aliphatic rings. The van der Waals surface area contributed by atoms with Crippen molar-refractivity contribution >= 4 is 43.7 Å². The Kier molecular flexibility index (Phi) is 5.62. The summed E-state index contributed by atoms with van der Waals surface area (Å²) in [6.45, 7) is 0. The van der Waals surface area contributed by atoms with Crippen LogP contribution in [-0.4, -0.2) is 13.7 Å². The van der Waals surface area contributed by atoms with Crippen LogP contribution in [0.3, 0.4) is 0 Å². The Labute approximate surface area is 259 Å². The zero-order valence-electron chi connectivity index (χ0n) is 24.3. The molecule has 0 saturated heterocycles. The standard InChI is InChI=1S/C41H27N3O/c45-41-37-33-23-10-12-25-35(33)42(30-18-6-2-7-19-30)39(37)40-38(34-24-11-13-26-36(34)43(40)31-20-8-3-9-21-31)44(41)32-22-14-17-29(27-32)28-15-4-1-5-16-28/h1-27H. The van der Waals surface area contributed by atoms with Gasteiger partial charge in [-0.3, -0.25) is 9.36 Å². The normalized spacial score (nSPS) is 11.6. The lowest BCUT2D eigenvalue weighted by Gasteiger charge is -2.15. The Morgan fingerprint density at radius 2 is 0.844 bits per heavy atom. The Morgan fingerprint density at radius 1 is 0.356 bits per heavy atom. The predicted molar refractivity (Wildman–Crippen MR) is 186 cm³/mol. The highest BCUT2D eigenvalue weighted by Crippen LogP contribution is 2.41. The van der Waals surface area contributed by atoms with E-state index in [1.807, 2.05) is 59.2 Å². The number of para-hydroxylation sites is 4. The molecule has 9 rings (SSSR count). The number of nitrogens with zero attached hydrogens (tertiary/aromatic N) is 3. The molecule has 0 fully saturated rings. The highest BCUT2D eigenvalue weighted by molar-refractivity contribution is 6.22. The first-order valence-electron chi connectivity index (χ1n) is 15.2. The van der Waals surface area contributed by atoms with Crippen molar-refractivity contribution in [1.82, 2.24) is 13.7 Å². The van der Waals surface area contributed by atoms with Gasteiger partial charge in [0.15, 0.2) is 0 Å². The summed E-state index contributed by atoms with van der Waals surface area (Å²) in [5, 5.41) is 2.65. The van der Waals surface area contributed by atoms with Gasteiger partial charge in [0.2, 0.25) is 0 Å². The summed E-state index contributed by atoms with van der Waals surface area (Å²) in [6, 6.07) is 56.1. The van der Waals surface area contributed by atoms with Crippen LogP contribution in [0, 0.1) is 0 Å². The van der Waals surface area contributed by atoms with Crippen LogP contribution in [0.5, 0.6) is 0 Å². The molecule has 4 nitrogen and oxygen atoms in total. The molecule has 0 unspecified atom stereocenters. The molecule has 0 N–H and O–H groups in total. The third kappa shape index (κ3) is 3.76. The average Bonchev–Trinajstić information content (AvgIpc) is 3.64. The maximum atomic E-state index is 15.2. The van der Waals surface area contributed by atoms with Crippen LogP contribution >= 0.6 is 0 Å². The minimum absolute atomic E-state index is 0.0374. The van der Waals surface area contributed by atoms with Crippen LogP contribution in [-0.2, 0) is 0 Å². The third-order valence-corrected chi connectivity index (χ3v) is 8.83. The Balaban J connectivity index is 1.56. The van der Waals surface area contributed by atoms with E-state index in [2.05, 4.69) is 118 Å². The summed E-state index contributed by atoms with van der Waals surface area (Å²) < 4.78 is 6.52. The van der Waals surface area contributed by atoms with Crippen molar-refractivity contribution in [2.24, 2.45) is 0 Å². The first-order valence-corrected chi connectivity index (χ1v) is 15.2. The fraction of sp³-hybridized carbons (Fsp3) is 0. The van der Waals surface area contributed by atoms with E-state index < -0.39 is 0 Å². The molecular formula is C41H27N3O. The Hall–Kier alpha value is -6.13. The molecule has 6 aromatic carbocycles. The second-order valence-electron chi connectivity index (χ2n) is 11.4. The van der Waals surface area contributed by atoms with Gasteiger partial charge in [-0.2, -0.15) is 0 Å². The fourth-order valence-electron chi connectivity index (χ4n) is 6.95. The van der Waals surface area contributed by atoms with Crippen molar-refractivity contribution in [2.75, 3.05) is 0 Å². The zero-order chi connectivity index (χ0) is 29.9. The van der Waals surface area contributed by atoms with Crippen LogP contribution < -0.4 is 5.56 Å². The number of hydrogen-bond acceptors (Lipinski definition) is 1. The van der Waals surface area contributed by atoms with Gasteiger partial charge in [0.25, 0.3) is 5.56 Å². The summed E-state index contributed by atoms with van der Waals surface area (Å²) in [7, 11) is 0. The van der Waals surface area contributed by atoms with E-state index in [1.165, 1.54) is 0 Å². The summed E-state index contributed by atoms with van der Waals surface area (Å²) in [6.07, 6.45) is 0. The number of fused-ring (bicyclic) bond motifs is 7. The van der Waals surface area contributed by atoms with Crippen molar-refractivity contribution in [3.05, 3.63) is 174 Å². The Morgan fingerprint density at radius 3 is 1.51 bits per heavy atom. The van der Waals surface area contributed by atoms with Crippen LogP contribution in [0.1, 0.15) is 0 Å². The maximum absolute atomic E-state index is 15.2. The largest absolute Gasteiger partial charge is 0.307 e. The third-order valence-electron chi connectivity index (χ3n) is 8.83. The van der Waals surface area contributed by atoms with Gasteiger partial charge in [0.1, 0.15) is 0 Å². The molecule has 0 bridgehead atoms. The summed E-state index contributed by atoms with van der Waals surface area (Å²) >= 11 is 0. The molecule has 0 radical (unpaired) electrons. The van der Waals surface area contributed by atoms with Gasteiger partial charge in [-0.15, -0.1) is 0 Å². The minimum Gasteiger partial charge on any atom is -0.307 e. The lowest BCUT2D eigenvalue weighted by Crippen LogP contribution is -2.19. The molecule has 3 heterocycles. The smallest absolute Gasteiger partial charge is 0.265 e. The molecule has 3 aromatic heterocycles. The highest BCUT2D eigenvalue weighted by atomic mass is 16.1. The minimum atomic E-state index is -0.0374. The molecule has 212 valence electrons. The second-order valence-corrected chi connectivity index (χ2v) is 11.4. The second kappa shape index (κ2) is 9.97. The predicted octanol–water partition coefficient (Wildman–Crippen LogP) is 9.70. The number of rotatable bonds is 4. The summed E-state index contributed by atoms with van der Waals surface area (Å²) in [5.74, 6) is 0. The van der Waals surface area contributed by atoms with Gasteiger partial charge in [0, 0.05) is 27.8 Å². The number of benzene rings is 6. The van der Waals surface area contributed by atoms with Crippen molar-refractivity contribution in [3.63, 3.8) is 0 Å². The van der Waals surface area contributed by atoms with E-state index >= 15 is 4.79 Å². The first kappa shape index (κ1) is 25.4. The van der Waals surface area contributed by atoms with Crippen molar-refractivity contribution in [3.8, 4) is 28.2 Å². The topological polar surface area (TPSA) is 31.9 Å². The summed E-state index contributed by atoms with van der Waals surface area (Å²) in [5.41, 5.74) is 9.84. The molecule has 9 aromatic rings. The molecule has 4 heteroatoms. The quantitative estimate of drug-likeness (QED) is 0.205. The summed E-state index contributed by atoms with van der Waals surface area (Å²) in [4.78, 5) is 15.2. The molecule has 0 aliphatic carbocycles. The van der Waals surface area contributed by atoms with Gasteiger partial charge in [-0.1, -0.05) is 115 Å². The van der Waals surface area contributed by atoms with Gasteiger partial charge >= 0.3 is 0 Å². The van der Waals surface area contributed by atoms with Crippen molar-refractivity contribution < 1.29 is 0 Å².